The van der Waals surface area contributed by atoms with Gasteiger partial charge in [-0.1, -0.05) is 19.9 Å². The van der Waals surface area contributed by atoms with Crippen molar-refractivity contribution >= 4 is 35.1 Å². The maximum atomic E-state index is 13.0. The Hall–Kier alpha value is -3.05. The summed E-state index contributed by atoms with van der Waals surface area (Å²) in [5.74, 6) is 0.0650. The van der Waals surface area contributed by atoms with E-state index in [0.717, 1.165) is 5.41 Å². The number of carbonyl (C=O) groups is 1. The lowest BCUT2D eigenvalue weighted by Crippen LogP contribution is -2.41. The second kappa shape index (κ2) is 12.7. The molecule has 210 valence electrons. The predicted octanol–water partition coefficient (Wildman–Crippen LogP) is 3.98. The standard InChI is InChI=1S/C25H34NO10PS/c1-7-25(8-2,37(28,29)30)24(27)26-20-13-17(9-10-21(20)34-4)16-38(31,32)12-11-19-22(35-5)14-18(33-3)15-23(19)36-6/h9-15H,7-8,16H2,1-6H3,(H,26,27)(H2,28,29,30)/b12-11+. The molecule has 1 amide bonds. The summed E-state index contributed by atoms with van der Waals surface area (Å²) in [7, 11) is -2.93. The van der Waals surface area contributed by atoms with E-state index in [-0.39, 0.29) is 24.3 Å². The molecule has 0 spiro atoms. The number of sulfone groups is 1. The summed E-state index contributed by atoms with van der Waals surface area (Å²) in [6.07, 6.45) is 1.16. The molecule has 0 aromatic heterocycles. The monoisotopic (exact) mass is 571 g/mol. The molecule has 0 unspecified atom stereocenters. The third kappa shape index (κ3) is 6.87. The molecular weight excluding hydrogens is 537 g/mol. The summed E-state index contributed by atoms with van der Waals surface area (Å²) >= 11 is 0. The van der Waals surface area contributed by atoms with Gasteiger partial charge < -0.3 is 34.1 Å². The molecule has 13 heteroatoms. The number of hydrogen-bond donors (Lipinski definition) is 3. The molecule has 0 aliphatic heterocycles. The van der Waals surface area contributed by atoms with Gasteiger partial charge in [-0.05, 0) is 36.6 Å². The lowest BCUT2D eigenvalue weighted by molar-refractivity contribution is -0.119. The van der Waals surface area contributed by atoms with E-state index in [1.165, 1.54) is 66.6 Å². The molecule has 0 aliphatic carbocycles. The van der Waals surface area contributed by atoms with Crippen LogP contribution in [0.2, 0.25) is 0 Å². The summed E-state index contributed by atoms with van der Waals surface area (Å²) in [5, 5.41) is 1.61. The largest absolute Gasteiger partial charge is 0.496 e. The minimum absolute atomic E-state index is 0.0902. The average molecular weight is 572 g/mol. The van der Waals surface area contributed by atoms with Gasteiger partial charge in [0.15, 0.2) is 9.84 Å². The first-order valence-corrected chi connectivity index (χ1v) is 14.9. The van der Waals surface area contributed by atoms with Crippen LogP contribution in [0.15, 0.2) is 35.7 Å². The number of nitrogens with one attached hydrogen (secondary N) is 1. The van der Waals surface area contributed by atoms with Crippen LogP contribution in [0.4, 0.5) is 5.69 Å². The van der Waals surface area contributed by atoms with E-state index in [1.54, 1.807) is 12.1 Å². The molecule has 0 fully saturated rings. The number of ether oxygens (including phenoxy) is 4. The Balaban J connectivity index is 2.40. The molecule has 3 N–H and O–H groups in total. The molecule has 2 rings (SSSR count). The number of anilines is 1. The summed E-state index contributed by atoms with van der Waals surface area (Å²) in [5.41, 5.74) is 0.802. The quantitative estimate of drug-likeness (QED) is 0.300. The number of amides is 1. The van der Waals surface area contributed by atoms with Gasteiger partial charge in [-0.3, -0.25) is 9.36 Å². The second-order valence-corrected chi connectivity index (χ2v) is 12.2. The molecule has 0 aliphatic rings. The summed E-state index contributed by atoms with van der Waals surface area (Å²) < 4.78 is 59.2. The van der Waals surface area contributed by atoms with Gasteiger partial charge in [0.2, 0.25) is 5.91 Å². The molecule has 2 aromatic carbocycles. The van der Waals surface area contributed by atoms with Gasteiger partial charge in [0.05, 0.1) is 45.4 Å². The van der Waals surface area contributed by atoms with Crippen molar-refractivity contribution < 1.29 is 46.5 Å². The minimum atomic E-state index is -4.81. The van der Waals surface area contributed by atoms with Crippen molar-refractivity contribution in [2.24, 2.45) is 0 Å². The van der Waals surface area contributed by atoms with E-state index in [2.05, 4.69) is 5.32 Å². The van der Waals surface area contributed by atoms with Crippen LogP contribution in [0.3, 0.4) is 0 Å². The van der Waals surface area contributed by atoms with Crippen LogP contribution in [-0.4, -0.2) is 57.7 Å². The van der Waals surface area contributed by atoms with Crippen molar-refractivity contribution in [3.63, 3.8) is 0 Å². The molecule has 0 atom stereocenters. The zero-order chi connectivity index (χ0) is 28.7. The molecule has 0 saturated heterocycles. The van der Waals surface area contributed by atoms with Gasteiger partial charge in [0.1, 0.15) is 28.2 Å². The Bertz CT molecular complexity index is 1300. The Kier molecular flexibility index (Phi) is 10.4. The van der Waals surface area contributed by atoms with Crippen molar-refractivity contribution in [1.82, 2.24) is 0 Å². The van der Waals surface area contributed by atoms with Gasteiger partial charge in [0.25, 0.3) is 0 Å². The predicted molar refractivity (Wildman–Crippen MR) is 145 cm³/mol. The van der Waals surface area contributed by atoms with E-state index < -0.39 is 34.2 Å². The first-order chi connectivity index (χ1) is 17.8. The fourth-order valence-corrected chi connectivity index (χ4v) is 6.17. The van der Waals surface area contributed by atoms with Crippen molar-refractivity contribution in [3.8, 4) is 23.0 Å². The summed E-state index contributed by atoms with van der Waals surface area (Å²) in [4.78, 5) is 32.8. The molecule has 2 aromatic rings. The molecule has 0 heterocycles. The van der Waals surface area contributed by atoms with Crippen LogP contribution >= 0.6 is 7.60 Å². The normalized spacial score (nSPS) is 12.3. The number of rotatable bonds is 13. The maximum Gasteiger partial charge on any atom is 0.341 e. The Morgan fingerprint density at radius 3 is 1.95 bits per heavy atom. The highest BCUT2D eigenvalue weighted by Gasteiger charge is 2.50. The fourth-order valence-electron chi connectivity index (χ4n) is 3.95. The first kappa shape index (κ1) is 31.2. The van der Waals surface area contributed by atoms with Crippen molar-refractivity contribution in [2.75, 3.05) is 33.8 Å². The fraction of sp³-hybridized carbons (Fsp3) is 0.400. The molecule has 11 nitrogen and oxygen atoms in total. The third-order valence-electron chi connectivity index (χ3n) is 6.23. The van der Waals surface area contributed by atoms with Crippen LogP contribution in [-0.2, 0) is 24.9 Å². The van der Waals surface area contributed by atoms with Gasteiger partial charge in [-0.15, -0.1) is 0 Å². The van der Waals surface area contributed by atoms with Crippen LogP contribution in [0.25, 0.3) is 6.08 Å². The highest BCUT2D eigenvalue weighted by Crippen LogP contribution is 2.55. The van der Waals surface area contributed by atoms with Crippen LogP contribution in [0.5, 0.6) is 23.0 Å². The van der Waals surface area contributed by atoms with Crippen LogP contribution in [0.1, 0.15) is 37.8 Å². The zero-order valence-corrected chi connectivity index (χ0v) is 23.9. The average Bonchev–Trinajstić information content (AvgIpc) is 2.87. The van der Waals surface area contributed by atoms with Gasteiger partial charge in [0, 0.05) is 17.5 Å². The summed E-state index contributed by atoms with van der Waals surface area (Å²) in [6, 6.07) is 7.57. The maximum absolute atomic E-state index is 13.0. The Morgan fingerprint density at radius 1 is 0.947 bits per heavy atom. The van der Waals surface area contributed by atoms with Gasteiger partial charge in [-0.2, -0.15) is 0 Å². The Morgan fingerprint density at radius 2 is 1.50 bits per heavy atom. The van der Waals surface area contributed by atoms with E-state index in [0.29, 0.717) is 28.4 Å². The second-order valence-electron chi connectivity index (χ2n) is 8.33. The van der Waals surface area contributed by atoms with E-state index in [4.69, 9.17) is 18.9 Å². The molecular formula is C25H34NO10PS. The minimum Gasteiger partial charge on any atom is -0.496 e. The third-order valence-corrected chi connectivity index (χ3v) is 9.46. The molecule has 0 radical (unpaired) electrons. The zero-order valence-electron chi connectivity index (χ0n) is 22.2. The molecule has 0 saturated carbocycles. The number of carbonyl (C=O) groups excluding carboxylic acids is 1. The van der Waals surface area contributed by atoms with Crippen molar-refractivity contribution in [3.05, 3.63) is 46.9 Å². The molecule has 38 heavy (non-hydrogen) atoms. The number of hydrogen-bond acceptors (Lipinski definition) is 8. The SMILES string of the molecule is CCC(CC)(C(=O)Nc1cc(CS(=O)(=O)/C=C/c2c(OC)cc(OC)cc2OC)ccc1OC)P(=O)(O)O. The lowest BCUT2D eigenvalue weighted by atomic mass is 10.0. The van der Waals surface area contributed by atoms with E-state index >= 15 is 0 Å². The van der Waals surface area contributed by atoms with Crippen LogP contribution in [0, 0.1) is 0 Å². The smallest absolute Gasteiger partial charge is 0.341 e. The van der Waals surface area contributed by atoms with Crippen molar-refractivity contribution in [2.45, 2.75) is 37.6 Å². The van der Waals surface area contributed by atoms with E-state index in [1.807, 2.05) is 0 Å². The number of methoxy groups -OCH3 is 4. The summed E-state index contributed by atoms with van der Waals surface area (Å²) in [6.45, 7) is 3.03. The topological polar surface area (TPSA) is 158 Å². The highest BCUT2D eigenvalue weighted by molar-refractivity contribution is 7.93. The highest BCUT2D eigenvalue weighted by atomic mass is 32.2. The van der Waals surface area contributed by atoms with Crippen LogP contribution < -0.4 is 24.3 Å². The first-order valence-electron chi connectivity index (χ1n) is 11.6. The van der Waals surface area contributed by atoms with Gasteiger partial charge in [-0.25, -0.2) is 8.42 Å². The van der Waals surface area contributed by atoms with Crippen molar-refractivity contribution in [1.29, 1.82) is 0 Å². The van der Waals surface area contributed by atoms with Gasteiger partial charge >= 0.3 is 7.60 Å². The lowest BCUT2D eigenvalue weighted by Gasteiger charge is -2.31. The molecule has 0 bridgehead atoms. The van der Waals surface area contributed by atoms with E-state index in [9.17, 15) is 27.6 Å². The number of benzene rings is 2. The Labute approximate surface area is 222 Å².